The molecular weight excluding hydrogens is 504 g/mol. The van der Waals surface area contributed by atoms with Gasteiger partial charge < -0.3 is 4.18 Å². The molecule has 0 heterocycles. The zero-order chi connectivity index (χ0) is 22.6. The van der Waals surface area contributed by atoms with Gasteiger partial charge in [0.15, 0.2) is 5.75 Å². The molecule has 0 aliphatic heterocycles. The van der Waals surface area contributed by atoms with Crippen LogP contribution in [0.25, 0.3) is 0 Å². The van der Waals surface area contributed by atoms with Crippen molar-refractivity contribution in [2.45, 2.75) is 23.6 Å². The molecule has 7 nitrogen and oxygen atoms in total. The van der Waals surface area contributed by atoms with E-state index in [4.69, 9.17) is 4.18 Å². The van der Waals surface area contributed by atoms with Crippen molar-refractivity contribution in [1.82, 2.24) is 4.83 Å². The summed E-state index contributed by atoms with van der Waals surface area (Å²) in [6.07, 6.45) is 1.18. The Hall–Kier alpha value is -2.69. The van der Waals surface area contributed by atoms with Gasteiger partial charge in [0, 0.05) is 10.0 Å². The largest absolute Gasteiger partial charge is 0.378 e. The van der Waals surface area contributed by atoms with Gasteiger partial charge in [0.25, 0.3) is 10.0 Å². The zero-order valence-corrected chi connectivity index (χ0v) is 19.8. The second-order valence-corrected chi connectivity index (χ2v) is 10.8. The molecule has 0 fully saturated rings. The van der Waals surface area contributed by atoms with Gasteiger partial charge in [-0.05, 0) is 56.3 Å². The Morgan fingerprint density at radius 3 is 1.97 bits per heavy atom. The minimum Gasteiger partial charge on any atom is -0.378 e. The molecule has 0 aromatic heterocycles. The Bertz CT molecular complexity index is 1320. The fourth-order valence-electron chi connectivity index (χ4n) is 2.50. The summed E-state index contributed by atoms with van der Waals surface area (Å²) < 4.78 is 55.9. The van der Waals surface area contributed by atoms with Crippen molar-refractivity contribution in [2.75, 3.05) is 0 Å². The Morgan fingerprint density at radius 1 is 0.839 bits per heavy atom. The lowest BCUT2D eigenvalue weighted by molar-refractivity contribution is 0.485. The van der Waals surface area contributed by atoms with Gasteiger partial charge in [-0.2, -0.15) is 21.9 Å². The SMILES string of the molecule is Cc1ccc(S(=O)(=O)N/N=C\c2cc(Br)ccc2OS(=O)(=O)c2ccc(C)cc2)cc1. The van der Waals surface area contributed by atoms with Crippen molar-refractivity contribution < 1.29 is 21.0 Å². The molecule has 0 saturated carbocycles. The summed E-state index contributed by atoms with van der Waals surface area (Å²) in [6, 6.07) is 17.1. The average molecular weight is 523 g/mol. The second-order valence-electron chi connectivity index (χ2n) is 6.70. The molecule has 3 aromatic rings. The first-order valence-electron chi connectivity index (χ1n) is 8.99. The van der Waals surface area contributed by atoms with Crippen molar-refractivity contribution in [2.24, 2.45) is 5.10 Å². The summed E-state index contributed by atoms with van der Waals surface area (Å²) in [5, 5.41) is 3.77. The van der Waals surface area contributed by atoms with E-state index in [1.807, 2.05) is 13.8 Å². The lowest BCUT2D eigenvalue weighted by Gasteiger charge is -2.10. The first-order valence-corrected chi connectivity index (χ1v) is 12.7. The van der Waals surface area contributed by atoms with Crippen LogP contribution < -0.4 is 9.01 Å². The third-order valence-corrected chi connectivity index (χ3v) is 7.17. The number of hydrogen-bond donors (Lipinski definition) is 1. The molecular formula is C21H19BrN2O5S2. The van der Waals surface area contributed by atoms with Crippen LogP contribution in [0.15, 0.2) is 86.1 Å². The fraction of sp³-hybridized carbons (Fsp3) is 0.0952. The van der Waals surface area contributed by atoms with Crippen molar-refractivity contribution >= 4 is 42.3 Å². The number of aryl methyl sites for hydroxylation is 2. The molecule has 1 N–H and O–H groups in total. The topological polar surface area (TPSA) is 102 Å². The van der Waals surface area contributed by atoms with Crippen molar-refractivity contribution in [3.05, 3.63) is 87.9 Å². The number of benzene rings is 3. The Balaban J connectivity index is 1.84. The van der Waals surface area contributed by atoms with Gasteiger partial charge in [0.2, 0.25) is 0 Å². The molecule has 0 atom stereocenters. The van der Waals surface area contributed by atoms with Crippen LogP contribution >= 0.6 is 15.9 Å². The Morgan fingerprint density at radius 2 is 1.39 bits per heavy atom. The lowest BCUT2D eigenvalue weighted by atomic mass is 10.2. The van der Waals surface area contributed by atoms with E-state index in [-0.39, 0.29) is 21.1 Å². The molecule has 0 unspecified atom stereocenters. The highest BCUT2D eigenvalue weighted by Gasteiger charge is 2.18. The van der Waals surface area contributed by atoms with Crippen molar-refractivity contribution in [3.63, 3.8) is 0 Å². The summed E-state index contributed by atoms with van der Waals surface area (Å²) in [5.41, 5.74) is 2.10. The molecule has 31 heavy (non-hydrogen) atoms. The summed E-state index contributed by atoms with van der Waals surface area (Å²) in [6.45, 7) is 3.69. The van der Waals surface area contributed by atoms with Gasteiger partial charge in [-0.25, -0.2) is 4.83 Å². The number of hydrogen-bond acceptors (Lipinski definition) is 6. The van der Waals surface area contributed by atoms with Crippen LogP contribution in [0, 0.1) is 13.8 Å². The van der Waals surface area contributed by atoms with Gasteiger partial charge in [-0.1, -0.05) is 51.3 Å². The highest BCUT2D eigenvalue weighted by molar-refractivity contribution is 9.10. The highest BCUT2D eigenvalue weighted by atomic mass is 79.9. The average Bonchev–Trinajstić information content (AvgIpc) is 2.70. The van der Waals surface area contributed by atoms with E-state index in [2.05, 4.69) is 25.9 Å². The number of hydrazone groups is 1. The van der Waals surface area contributed by atoms with Crippen LogP contribution in [0.4, 0.5) is 0 Å². The Labute approximate surface area is 190 Å². The maximum absolute atomic E-state index is 12.6. The summed E-state index contributed by atoms with van der Waals surface area (Å²) in [7, 11) is -7.95. The van der Waals surface area contributed by atoms with E-state index in [0.717, 1.165) is 11.1 Å². The van der Waals surface area contributed by atoms with E-state index >= 15 is 0 Å². The summed E-state index contributed by atoms with van der Waals surface area (Å²) >= 11 is 3.30. The Kier molecular flexibility index (Phi) is 6.83. The van der Waals surface area contributed by atoms with Crippen molar-refractivity contribution in [3.8, 4) is 5.75 Å². The zero-order valence-electron chi connectivity index (χ0n) is 16.6. The van der Waals surface area contributed by atoms with E-state index in [9.17, 15) is 16.8 Å². The van der Waals surface area contributed by atoms with E-state index in [1.54, 1.807) is 36.4 Å². The summed E-state index contributed by atoms with van der Waals surface area (Å²) in [5.74, 6) is 0.00191. The molecule has 3 aromatic carbocycles. The lowest BCUT2D eigenvalue weighted by Crippen LogP contribution is -2.18. The minimum atomic E-state index is -4.08. The normalized spacial score (nSPS) is 12.1. The predicted molar refractivity (Wildman–Crippen MR) is 122 cm³/mol. The van der Waals surface area contributed by atoms with Crippen LogP contribution in [0.1, 0.15) is 16.7 Å². The van der Waals surface area contributed by atoms with E-state index < -0.39 is 20.1 Å². The molecule has 0 saturated heterocycles. The third kappa shape index (κ3) is 5.93. The molecule has 0 spiro atoms. The molecule has 162 valence electrons. The number of halogens is 1. The molecule has 0 amide bonds. The van der Waals surface area contributed by atoms with E-state index in [0.29, 0.717) is 4.47 Å². The smallest absolute Gasteiger partial charge is 0.339 e. The molecule has 0 bridgehead atoms. The monoisotopic (exact) mass is 522 g/mol. The standard InChI is InChI=1S/C21H19BrN2O5S2/c1-15-3-8-19(9-4-15)30(25,26)24-23-14-17-13-18(22)7-12-21(17)29-31(27,28)20-10-5-16(2)6-11-20/h3-14,24H,1-2H3/b23-14-. The molecule has 0 aliphatic rings. The molecule has 0 radical (unpaired) electrons. The third-order valence-electron chi connectivity index (χ3n) is 4.19. The maximum Gasteiger partial charge on any atom is 0.339 e. The maximum atomic E-state index is 12.6. The van der Waals surface area contributed by atoms with Gasteiger partial charge >= 0.3 is 10.1 Å². The van der Waals surface area contributed by atoms with Gasteiger partial charge in [0.05, 0.1) is 11.1 Å². The fourth-order valence-corrected chi connectivity index (χ4v) is 4.63. The van der Waals surface area contributed by atoms with Crippen LogP contribution in [-0.4, -0.2) is 23.1 Å². The first-order chi connectivity index (χ1) is 14.6. The van der Waals surface area contributed by atoms with Gasteiger partial charge in [0.1, 0.15) is 4.90 Å². The van der Waals surface area contributed by atoms with Crippen LogP contribution in [0.2, 0.25) is 0 Å². The van der Waals surface area contributed by atoms with Gasteiger partial charge in [-0.15, -0.1) is 0 Å². The predicted octanol–water partition coefficient (Wildman–Crippen LogP) is 4.15. The van der Waals surface area contributed by atoms with Crippen LogP contribution in [0.5, 0.6) is 5.75 Å². The summed E-state index contributed by atoms with van der Waals surface area (Å²) in [4.78, 5) is 2.17. The molecule has 3 rings (SSSR count). The number of rotatable bonds is 7. The molecule has 0 aliphatic carbocycles. The number of nitrogens with one attached hydrogen (secondary N) is 1. The number of nitrogens with zero attached hydrogens (tertiary/aromatic N) is 1. The number of sulfonamides is 1. The highest BCUT2D eigenvalue weighted by Crippen LogP contribution is 2.25. The molecule has 10 heteroatoms. The van der Waals surface area contributed by atoms with E-state index in [1.165, 1.54) is 36.5 Å². The second kappa shape index (κ2) is 9.21. The quantitative estimate of drug-likeness (QED) is 0.285. The van der Waals surface area contributed by atoms with Crippen molar-refractivity contribution in [1.29, 1.82) is 0 Å². The first kappa shape index (κ1) is 23.0. The minimum absolute atomic E-state index is 0.00191. The van der Waals surface area contributed by atoms with Gasteiger partial charge in [-0.3, -0.25) is 0 Å². The van der Waals surface area contributed by atoms with Crippen LogP contribution in [-0.2, 0) is 20.1 Å². The van der Waals surface area contributed by atoms with Crippen LogP contribution in [0.3, 0.4) is 0 Å².